The zero-order chi connectivity index (χ0) is 7.56. The summed E-state index contributed by atoms with van der Waals surface area (Å²) in [6, 6.07) is 0. The third kappa shape index (κ3) is 1.48. The van der Waals surface area contributed by atoms with Crippen molar-refractivity contribution in [2.75, 3.05) is 0 Å². The van der Waals surface area contributed by atoms with E-state index in [9.17, 15) is 9.90 Å². The minimum absolute atomic E-state index is 0.284. The summed E-state index contributed by atoms with van der Waals surface area (Å²) in [5.41, 5.74) is 5.06. The van der Waals surface area contributed by atoms with Gasteiger partial charge in [-0.25, -0.2) is 0 Å². The Morgan fingerprint density at radius 3 is 2.40 bits per heavy atom. The van der Waals surface area contributed by atoms with Crippen LogP contribution in [0, 0.1) is 5.92 Å². The summed E-state index contributed by atoms with van der Waals surface area (Å²) >= 11 is 0. The molecule has 1 unspecified atom stereocenters. The van der Waals surface area contributed by atoms with E-state index in [-0.39, 0.29) is 11.8 Å². The van der Waals surface area contributed by atoms with E-state index in [4.69, 9.17) is 5.73 Å². The number of hydrogen-bond donors (Lipinski definition) is 2. The number of aliphatic hydroxyl groups excluding tert-OH is 1. The lowest BCUT2D eigenvalue weighted by Crippen LogP contribution is -2.35. The molecule has 1 rings (SSSR count). The molecule has 0 bridgehead atoms. The van der Waals surface area contributed by atoms with Gasteiger partial charge in [0.25, 0.3) is 0 Å². The van der Waals surface area contributed by atoms with Gasteiger partial charge in [-0.3, -0.25) is 4.79 Å². The van der Waals surface area contributed by atoms with Gasteiger partial charge < -0.3 is 10.8 Å². The average molecular weight is 143 g/mol. The normalized spacial score (nSPS) is 33.7. The zero-order valence-electron chi connectivity index (χ0n) is 5.92. The molecule has 3 heteroatoms. The van der Waals surface area contributed by atoms with E-state index in [1.165, 1.54) is 0 Å². The number of carbonyl (C=O) groups excluding carboxylic acids is 1. The number of hydrogen-bond acceptors (Lipinski definition) is 2. The van der Waals surface area contributed by atoms with Gasteiger partial charge in [0.1, 0.15) is 0 Å². The topological polar surface area (TPSA) is 63.3 Å². The molecule has 1 fully saturated rings. The summed E-state index contributed by atoms with van der Waals surface area (Å²) in [4.78, 5) is 10.6. The summed E-state index contributed by atoms with van der Waals surface area (Å²) in [5, 5.41) is 9.24. The van der Waals surface area contributed by atoms with Crippen molar-refractivity contribution < 1.29 is 9.90 Å². The third-order valence-electron chi connectivity index (χ3n) is 2.09. The van der Waals surface area contributed by atoms with Crippen LogP contribution in [0.2, 0.25) is 0 Å². The lowest BCUT2D eigenvalue weighted by atomic mass is 9.86. The summed E-state index contributed by atoms with van der Waals surface area (Å²) in [6.07, 6.45) is 3.05. The Kier molecular flexibility index (Phi) is 2.27. The first-order chi connectivity index (χ1) is 4.72. The van der Waals surface area contributed by atoms with Crippen molar-refractivity contribution in [3.05, 3.63) is 0 Å². The highest BCUT2D eigenvalue weighted by atomic mass is 16.3. The predicted octanol–water partition coefficient (Wildman–Crippen LogP) is 0.0228. The molecule has 0 aliphatic heterocycles. The Balaban J connectivity index is 2.47. The van der Waals surface area contributed by atoms with Crippen molar-refractivity contribution in [2.24, 2.45) is 11.7 Å². The van der Waals surface area contributed by atoms with Crippen LogP contribution in [0.25, 0.3) is 0 Å². The van der Waals surface area contributed by atoms with Crippen LogP contribution in [-0.4, -0.2) is 17.1 Å². The van der Waals surface area contributed by atoms with Gasteiger partial charge in [-0.1, -0.05) is 12.8 Å². The maximum atomic E-state index is 10.6. The lowest BCUT2D eigenvalue weighted by molar-refractivity contribution is -0.126. The van der Waals surface area contributed by atoms with Crippen molar-refractivity contribution in [3.8, 4) is 0 Å². The van der Waals surface area contributed by atoms with Gasteiger partial charge in [0, 0.05) is 0 Å². The Morgan fingerprint density at radius 1 is 1.40 bits per heavy atom. The first kappa shape index (κ1) is 7.54. The molecule has 1 amide bonds. The number of nitrogens with two attached hydrogens (primary N) is 1. The van der Waals surface area contributed by atoms with Crippen molar-refractivity contribution in [1.29, 1.82) is 0 Å². The molecule has 1 saturated carbocycles. The molecule has 0 aromatic heterocycles. The second kappa shape index (κ2) is 3.01. The Hall–Kier alpha value is -0.570. The minimum atomic E-state index is -0.480. The fraction of sp³-hybridized carbons (Fsp3) is 0.857. The summed E-state index contributed by atoms with van der Waals surface area (Å²) in [5.74, 6) is -0.638. The van der Waals surface area contributed by atoms with Gasteiger partial charge in [0.15, 0.2) is 0 Å². The SMILES string of the molecule is NC(=O)[C@H]1CCCCC1O. The van der Waals surface area contributed by atoms with Crippen LogP contribution in [0.3, 0.4) is 0 Å². The van der Waals surface area contributed by atoms with Gasteiger partial charge in [0.05, 0.1) is 12.0 Å². The van der Waals surface area contributed by atoms with Gasteiger partial charge in [0.2, 0.25) is 5.91 Å². The van der Waals surface area contributed by atoms with Crippen LogP contribution in [0.15, 0.2) is 0 Å². The summed E-state index contributed by atoms with van der Waals surface area (Å²) < 4.78 is 0. The van der Waals surface area contributed by atoms with Crippen molar-refractivity contribution in [2.45, 2.75) is 31.8 Å². The van der Waals surface area contributed by atoms with Gasteiger partial charge >= 0.3 is 0 Å². The molecule has 2 atom stereocenters. The molecular formula is C7H13NO2. The fourth-order valence-electron chi connectivity index (χ4n) is 1.44. The molecule has 58 valence electrons. The molecular weight excluding hydrogens is 130 g/mol. The van der Waals surface area contributed by atoms with Crippen molar-refractivity contribution in [1.82, 2.24) is 0 Å². The van der Waals surface area contributed by atoms with Gasteiger partial charge in [-0.2, -0.15) is 0 Å². The van der Waals surface area contributed by atoms with Crippen LogP contribution in [0.5, 0.6) is 0 Å². The molecule has 3 nitrogen and oxygen atoms in total. The molecule has 3 N–H and O–H groups in total. The first-order valence-corrected chi connectivity index (χ1v) is 3.69. The van der Waals surface area contributed by atoms with Crippen LogP contribution in [0.4, 0.5) is 0 Å². The number of amides is 1. The molecule has 0 saturated heterocycles. The Morgan fingerprint density at radius 2 is 2.00 bits per heavy atom. The number of primary amides is 1. The van der Waals surface area contributed by atoms with E-state index >= 15 is 0 Å². The van der Waals surface area contributed by atoms with Crippen molar-refractivity contribution in [3.63, 3.8) is 0 Å². The van der Waals surface area contributed by atoms with E-state index in [1.807, 2.05) is 0 Å². The number of carbonyl (C=O) groups is 1. The van der Waals surface area contributed by atoms with Crippen molar-refractivity contribution >= 4 is 5.91 Å². The molecule has 1 aliphatic rings. The maximum Gasteiger partial charge on any atom is 0.223 e. The Bertz CT molecular complexity index is 136. The fourth-order valence-corrected chi connectivity index (χ4v) is 1.44. The maximum absolute atomic E-state index is 10.6. The second-order valence-corrected chi connectivity index (χ2v) is 2.86. The van der Waals surface area contributed by atoms with Crippen LogP contribution < -0.4 is 5.73 Å². The molecule has 0 aromatic carbocycles. The molecule has 10 heavy (non-hydrogen) atoms. The van der Waals surface area contributed by atoms with E-state index in [0.29, 0.717) is 0 Å². The molecule has 0 aromatic rings. The minimum Gasteiger partial charge on any atom is -0.392 e. The molecule has 1 aliphatic carbocycles. The molecule has 0 heterocycles. The predicted molar refractivity (Wildman–Crippen MR) is 37.2 cm³/mol. The van der Waals surface area contributed by atoms with E-state index in [0.717, 1.165) is 25.7 Å². The highest BCUT2D eigenvalue weighted by molar-refractivity contribution is 5.77. The Labute approximate surface area is 60.2 Å². The lowest BCUT2D eigenvalue weighted by Gasteiger charge is -2.24. The van der Waals surface area contributed by atoms with Gasteiger partial charge in [-0.15, -0.1) is 0 Å². The standard InChI is InChI=1S/C7H13NO2/c8-7(10)5-3-1-2-4-6(5)9/h5-6,9H,1-4H2,(H2,8,10)/t5-,6?/m0/s1. The number of aliphatic hydroxyl groups is 1. The molecule has 0 radical (unpaired) electrons. The monoisotopic (exact) mass is 143 g/mol. The average Bonchev–Trinajstić information content (AvgIpc) is 1.88. The van der Waals surface area contributed by atoms with Crippen LogP contribution in [0.1, 0.15) is 25.7 Å². The highest BCUT2D eigenvalue weighted by Crippen LogP contribution is 2.23. The largest absolute Gasteiger partial charge is 0.392 e. The smallest absolute Gasteiger partial charge is 0.223 e. The third-order valence-corrected chi connectivity index (χ3v) is 2.09. The zero-order valence-corrected chi connectivity index (χ0v) is 5.92. The number of rotatable bonds is 1. The highest BCUT2D eigenvalue weighted by Gasteiger charge is 2.26. The van der Waals surface area contributed by atoms with Crippen LogP contribution in [-0.2, 0) is 4.79 Å². The summed E-state index contributed by atoms with van der Waals surface area (Å²) in [6.45, 7) is 0. The quantitative estimate of drug-likeness (QED) is 0.543. The van der Waals surface area contributed by atoms with Gasteiger partial charge in [-0.05, 0) is 12.8 Å². The van der Waals surface area contributed by atoms with E-state index in [2.05, 4.69) is 0 Å². The van der Waals surface area contributed by atoms with E-state index < -0.39 is 6.10 Å². The second-order valence-electron chi connectivity index (χ2n) is 2.86. The summed E-state index contributed by atoms with van der Waals surface area (Å²) in [7, 11) is 0. The van der Waals surface area contributed by atoms with E-state index in [1.54, 1.807) is 0 Å². The molecule has 0 spiro atoms. The first-order valence-electron chi connectivity index (χ1n) is 3.69. The van der Waals surface area contributed by atoms with Crippen LogP contribution >= 0.6 is 0 Å².